The van der Waals surface area contributed by atoms with E-state index >= 15 is 0 Å². The maximum atomic E-state index is 12.4. The van der Waals surface area contributed by atoms with Crippen LogP contribution in [0.25, 0.3) is 0 Å². The van der Waals surface area contributed by atoms with Crippen molar-refractivity contribution in [3.63, 3.8) is 0 Å². The number of likely N-dealkylation sites (tertiary alicyclic amines) is 1. The number of para-hydroxylation sites is 1. The molecule has 1 aliphatic rings. The van der Waals surface area contributed by atoms with Crippen molar-refractivity contribution in [3.8, 4) is 5.75 Å². The fourth-order valence-electron chi connectivity index (χ4n) is 3.28. The number of carbonyl (C=O) groups is 1. The Labute approximate surface area is 153 Å². The molecule has 1 fully saturated rings. The van der Waals surface area contributed by atoms with Crippen LogP contribution >= 0.6 is 0 Å². The van der Waals surface area contributed by atoms with E-state index in [-0.39, 0.29) is 12.5 Å². The van der Waals surface area contributed by atoms with E-state index in [1.165, 1.54) is 0 Å². The van der Waals surface area contributed by atoms with Crippen LogP contribution in [-0.2, 0) is 11.3 Å². The number of hydrogen-bond acceptors (Lipinski definition) is 6. The third-order valence-electron chi connectivity index (χ3n) is 4.74. The van der Waals surface area contributed by atoms with Crippen LogP contribution in [0.2, 0.25) is 0 Å². The molecule has 2 heterocycles. The predicted molar refractivity (Wildman–Crippen MR) is 96.7 cm³/mol. The standard InChI is InChI=1S/C19H26N4O3/c1-15-20-18(21-26-15)13-22(2)16-7-6-11-23(12-10-16)19(24)14-25-17-8-4-3-5-9-17/h3-5,8-9,16H,6-7,10-14H2,1-2H3. The summed E-state index contributed by atoms with van der Waals surface area (Å²) in [5.74, 6) is 2.07. The van der Waals surface area contributed by atoms with E-state index in [2.05, 4.69) is 22.1 Å². The molecule has 1 aliphatic heterocycles. The summed E-state index contributed by atoms with van der Waals surface area (Å²) in [6.45, 7) is 4.07. The molecular formula is C19H26N4O3. The highest BCUT2D eigenvalue weighted by Crippen LogP contribution is 2.18. The Morgan fingerprint density at radius 2 is 2.12 bits per heavy atom. The highest BCUT2D eigenvalue weighted by molar-refractivity contribution is 5.77. The molecule has 3 rings (SSSR count). The summed E-state index contributed by atoms with van der Waals surface area (Å²) in [6, 6.07) is 9.85. The number of nitrogens with zero attached hydrogens (tertiary/aromatic N) is 4. The van der Waals surface area contributed by atoms with Crippen molar-refractivity contribution in [1.82, 2.24) is 19.9 Å². The quantitative estimate of drug-likeness (QED) is 0.789. The van der Waals surface area contributed by atoms with Crippen molar-refractivity contribution < 1.29 is 14.1 Å². The number of hydrogen-bond donors (Lipinski definition) is 0. The summed E-state index contributed by atoms with van der Waals surface area (Å²) in [5, 5.41) is 3.96. The SMILES string of the molecule is Cc1nc(CN(C)C2CCCN(C(=O)COc3ccccc3)CC2)no1. The molecule has 1 saturated heterocycles. The first-order valence-electron chi connectivity index (χ1n) is 9.07. The van der Waals surface area contributed by atoms with Gasteiger partial charge in [0.2, 0.25) is 5.89 Å². The molecule has 0 radical (unpaired) electrons. The van der Waals surface area contributed by atoms with Crippen molar-refractivity contribution in [2.75, 3.05) is 26.7 Å². The first-order chi connectivity index (χ1) is 12.6. The number of aromatic nitrogens is 2. The van der Waals surface area contributed by atoms with Crippen LogP contribution in [-0.4, -0.2) is 58.6 Å². The summed E-state index contributed by atoms with van der Waals surface area (Å²) in [4.78, 5) is 20.9. The van der Waals surface area contributed by atoms with Crippen molar-refractivity contribution >= 4 is 5.91 Å². The van der Waals surface area contributed by atoms with Crippen LogP contribution in [0.1, 0.15) is 31.0 Å². The molecule has 0 N–H and O–H groups in total. The number of amides is 1. The van der Waals surface area contributed by atoms with E-state index < -0.39 is 0 Å². The normalized spacial score (nSPS) is 18.0. The maximum absolute atomic E-state index is 12.4. The van der Waals surface area contributed by atoms with Gasteiger partial charge < -0.3 is 14.2 Å². The van der Waals surface area contributed by atoms with Crippen LogP contribution in [0.4, 0.5) is 0 Å². The summed E-state index contributed by atoms with van der Waals surface area (Å²) in [5.41, 5.74) is 0. The van der Waals surface area contributed by atoms with E-state index in [1.807, 2.05) is 35.2 Å². The Balaban J connectivity index is 1.47. The van der Waals surface area contributed by atoms with E-state index in [4.69, 9.17) is 9.26 Å². The first-order valence-corrected chi connectivity index (χ1v) is 9.07. The number of ether oxygens (including phenoxy) is 1. The second kappa shape index (κ2) is 8.80. The van der Waals surface area contributed by atoms with Crippen LogP contribution in [0.3, 0.4) is 0 Å². The largest absolute Gasteiger partial charge is 0.484 e. The van der Waals surface area contributed by atoms with Crippen LogP contribution in [0.5, 0.6) is 5.75 Å². The summed E-state index contributed by atoms with van der Waals surface area (Å²) in [6.07, 6.45) is 2.97. The fraction of sp³-hybridized carbons (Fsp3) is 0.526. The third kappa shape index (κ3) is 5.05. The van der Waals surface area contributed by atoms with Gasteiger partial charge in [0.1, 0.15) is 5.75 Å². The Morgan fingerprint density at radius 1 is 1.31 bits per heavy atom. The lowest BCUT2D eigenvalue weighted by Crippen LogP contribution is -2.37. The van der Waals surface area contributed by atoms with Gasteiger partial charge in [-0.1, -0.05) is 23.4 Å². The Kier molecular flexibility index (Phi) is 6.22. The molecule has 140 valence electrons. The monoisotopic (exact) mass is 358 g/mol. The lowest BCUT2D eigenvalue weighted by Gasteiger charge is -2.26. The van der Waals surface area contributed by atoms with Gasteiger partial charge in [-0.2, -0.15) is 4.98 Å². The van der Waals surface area contributed by atoms with Crippen LogP contribution in [0.15, 0.2) is 34.9 Å². The molecule has 1 aromatic heterocycles. The number of aryl methyl sites for hydroxylation is 1. The molecular weight excluding hydrogens is 332 g/mol. The van der Waals surface area contributed by atoms with Gasteiger partial charge in [0.25, 0.3) is 5.91 Å². The van der Waals surface area contributed by atoms with E-state index in [0.29, 0.717) is 24.3 Å². The molecule has 2 aromatic rings. The minimum absolute atomic E-state index is 0.0472. The maximum Gasteiger partial charge on any atom is 0.260 e. The Morgan fingerprint density at radius 3 is 2.85 bits per heavy atom. The van der Waals surface area contributed by atoms with E-state index in [9.17, 15) is 4.79 Å². The molecule has 0 spiro atoms. The topological polar surface area (TPSA) is 71.7 Å². The van der Waals surface area contributed by atoms with Gasteiger partial charge >= 0.3 is 0 Å². The molecule has 0 aliphatic carbocycles. The molecule has 1 atom stereocenters. The average Bonchev–Trinajstić information content (AvgIpc) is 2.91. The number of benzene rings is 1. The molecule has 1 aromatic carbocycles. The lowest BCUT2D eigenvalue weighted by molar-refractivity contribution is -0.133. The summed E-state index contributed by atoms with van der Waals surface area (Å²) >= 11 is 0. The van der Waals surface area contributed by atoms with Gasteiger partial charge in [0.05, 0.1) is 6.54 Å². The van der Waals surface area contributed by atoms with Gasteiger partial charge in [-0.15, -0.1) is 0 Å². The third-order valence-corrected chi connectivity index (χ3v) is 4.74. The molecule has 26 heavy (non-hydrogen) atoms. The zero-order chi connectivity index (χ0) is 18.4. The van der Waals surface area contributed by atoms with Crippen LogP contribution in [0, 0.1) is 6.92 Å². The zero-order valence-corrected chi connectivity index (χ0v) is 15.4. The Bertz CT molecular complexity index is 704. The van der Waals surface area contributed by atoms with Crippen molar-refractivity contribution in [3.05, 3.63) is 42.0 Å². The molecule has 0 bridgehead atoms. The van der Waals surface area contributed by atoms with Crippen molar-refractivity contribution in [2.45, 2.75) is 38.8 Å². The number of carbonyl (C=O) groups excluding carboxylic acids is 1. The smallest absolute Gasteiger partial charge is 0.260 e. The average molecular weight is 358 g/mol. The molecule has 1 amide bonds. The summed E-state index contributed by atoms with van der Waals surface area (Å²) in [7, 11) is 2.08. The van der Waals surface area contributed by atoms with Crippen molar-refractivity contribution in [1.29, 1.82) is 0 Å². The van der Waals surface area contributed by atoms with E-state index in [1.54, 1.807) is 6.92 Å². The zero-order valence-electron chi connectivity index (χ0n) is 15.4. The predicted octanol–water partition coefficient (Wildman–Crippen LogP) is 2.27. The first kappa shape index (κ1) is 18.4. The highest BCUT2D eigenvalue weighted by atomic mass is 16.5. The molecule has 0 saturated carbocycles. The van der Waals surface area contributed by atoms with Gasteiger partial charge in [0.15, 0.2) is 12.4 Å². The molecule has 1 unspecified atom stereocenters. The minimum Gasteiger partial charge on any atom is -0.484 e. The van der Waals surface area contributed by atoms with Gasteiger partial charge in [-0.3, -0.25) is 9.69 Å². The Hall–Kier alpha value is -2.41. The van der Waals surface area contributed by atoms with E-state index in [0.717, 1.165) is 38.1 Å². The second-order valence-corrected chi connectivity index (χ2v) is 6.71. The highest BCUT2D eigenvalue weighted by Gasteiger charge is 2.24. The molecule has 7 heteroatoms. The van der Waals surface area contributed by atoms with Gasteiger partial charge in [-0.05, 0) is 38.4 Å². The second-order valence-electron chi connectivity index (χ2n) is 6.71. The minimum atomic E-state index is 0.0472. The van der Waals surface area contributed by atoms with Gasteiger partial charge in [0, 0.05) is 26.1 Å². The number of rotatable bonds is 6. The van der Waals surface area contributed by atoms with Crippen LogP contribution < -0.4 is 4.74 Å². The lowest BCUT2D eigenvalue weighted by atomic mass is 10.1. The van der Waals surface area contributed by atoms with Crippen molar-refractivity contribution in [2.24, 2.45) is 0 Å². The van der Waals surface area contributed by atoms with Gasteiger partial charge in [-0.25, -0.2) is 0 Å². The summed E-state index contributed by atoms with van der Waals surface area (Å²) < 4.78 is 10.6. The molecule has 7 nitrogen and oxygen atoms in total. The fourth-order valence-corrected chi connectivity index (χ4v) is 3.28.